The first-order valence-electron chi connectivity index (χ1n) is 7.86. The number of hydrogen-bond acceptors (Lipinski definition) is 2. The van der Waals surface area contributed by atoms with Gasteiger partial charge in [-0.25, -0.2) is 0 Å². The summed E-state index contributed by atoms with van der Waals surface area (Å²) in [5, 5.41) is 6.60. The number of benzene rings is 1. The van der Waals surface area contributed by atoms with E-state index in [2.05, 4.69) is 41.8 Å². The van der Waals surface area contributed by atoms with Gasteiger partial charge >= 0.3 is 0 Å². The first-order valence-corrected chi connectivity index (χ1v) is 7.86. The second-order valence-electron chi connectivity index (χ2n) is 6.20. The summed E-state index contributed by atoms with van der Waals surface area (Å²) in [7, 11) is 0. The molecule has 1 aliphatic carbocycles. The van der Waals surface area contributed by atoms with E-state index in [1.165, 1.54) is 24.0 Å². The van der Waals surface area contributed by atoms with Crippen LogP contribution in [0.25, 0.3) is 0 Å². The molecule has 1 aliphatic heterocycles. The normalized spacial score (nSPS) is 22.9. The van der Waals surface area contributed by atoms with E-state index in [0.717, 1.165) is 31.7 Å². The Kier molecular flexibility index (Phi) is 4.06. The number of rotatable bonds is 5. The Morgan fingerprint density at radius 3 is 2.80 bits per heavy atom. The van der Waals surface area contributed by atoms with Gasteiger partial charge in [-0.2, -0.15) is 0 Å². The average Bonchev–Trinajstić information content (AvgIpc) is 3.30. The fourth-order valence-electron chi connectivity index (χ4n) is 3.03. The highest BCUT2D eigenvalue weighted by molar-refractivity contribution is 5.82. The van der Waals surface area contributed by atoms with Crippen molar-refractivity contribution in [3.8, 4) is 0 Å². The van der Waals surface area contributed by atoms with Crippen LogP contribution in [-0.2, 0) is 17.8 Å². The van der Waals surface area contributed by atoms with Crippen LogP contribution in [0.3, 0.4) is 0 Å². The number of carbonyl (C=O) groups excluding carboxylic acids is 1. The molecule has 1 fully saturated rings. The molecular formula is C17H24N2O. The quantitative estimate of drug-likeness (QED) is 0.864. The molecule has 0 saturated heterocycles. The standard InChI is InChI=1S/C17H24N2O/c1-2-15(9-12-7-8-12)19-17(20)16-10-13-5-3-4-6-14(13)11-18-16/h3-6,12,15-16,18H,2,7-11H2,1H3,(H,19,20). The molecule has 2 atom stereocenters. The molecule has 20 heavy (non-hydrogen) atoms. The van der Waals surface area contributed by atoms with Gasteiger partial charge in [0, 0.05) is 12.6 Å². The van der Waals surface area contributed by atoms with E-state index in [0.29, 0.717) is 6.04 Å². The lowest BCUT2D eigenvalue weighted by molar-refractivity contribution is -0.124. The Hall–Kier alpha value is -1.35. The molecular weight excluding hydrogens is 248 g/mol. The zero-order chi connectivity index (χ0) is 13.9. The van der Waals surface area contributed by atoms with Crippen molar-refractivity contribution in [3.63, 3.8) is 0 Å². The van der Waals surface area contributed by atoms with Crippen molar-refractivity contribution in [1.82, 2.24) is 10.6 Å². The summed E-state index contributed by atoms with van der Waals surface area (Å²) in [5.41, 5.74) is 2.63. The van der Waals surface area contributed by atoms with Crippen LogP contribution in [0.4, 0.5) is 0 Å². The molecule has 0 radical (unpaired) electrons. The average molecular weight is 272 g/mol. The van der Waals surface area contributed by atoms with Gasteiger partial charge in [-0.05, 0) is 36.3 Å². The lowest BCUT2D eigenvalue weighted by atomic mass is 9.95. The summed E-state index contributed by atoms with van der Waals surface area (Å²) < 4.78 is 0. The first kappa shape index (κ1) is 13.6. The van der Waals surface area contributed by atoms with Gasteiger partial charge in [0.1, 0.15) is 0 Å². The van der Waals surface area contributed by atoms with Gasteiger partial charge in [-0.1, -0.05) is 44.0 Å². The maximum Gasteiger partial charge on any atom is 0.237 e. The van der Waals surface area contributed by atoms with Crippen LogP contribution >= 0.6 is 0 Å². The molecule has 0 spiro atoms. The summed E-state index contributed by atoms with van der Waals surface area (Å²) in [6, 6.07) is 8.67. The summed E-state index contributed by atoms with van der Waals surface area (Å²) in [5.74, 6) is 1.03. The fourth-order valence-corrected chi connectivity index (χ4v) is 3.03. The van der Waals surface area contributed by atoms with E-state index in [1.54, 1.807) is 0 Å². The Balaban J connectivity index is 1.57. The molecule has 2 unspecified atom stereocenters. The Labute approximate surface area is 121 Å². The van der Waals surface area contributed by atoms with Crippen LogP contribution in [0.15, 0.2) is 24.3 Å². The SMILES string of the molecule is CCC(CC1CC1)NC(=O)C1Cc2ccccc2CN1. The molecule has 1 saturated carbocycles. The van der Waals surface area contributed by atoms with Gasteiger partial charge in [0.25, 0.3) is 0 Å². The highest BCUT2D eigenvalue weighted by Gasteiger charge is 2.28. The second kappa shape index (κ2) is 5.96. The lowest BCUT2D eigenvalue weighted by Crippen LogP contribution is -2.50. The van der Waals surface area contributed by atoms with Crippen LogP contribution < -0.4 is 10.6 Å². The van der Waals surface area contributed by atoms with Gasteiger partial charge < -0.3 is 10.6 Å². The minimum Gasteiger partial charge on any atom is -0.352 e. The number of fused-ring (bicyclic) bond motifs is 1. The Morgan fingerprint density at radius 2 is 2.10 bits per heavy atom. The van der Waals surface area contributed by atoms with Crippen LogP contribution in [0.5, 0.6) is 0 Å². The lowest BCUT2D eigenvalue weighted by Gasteiger charge is -2.27. The molecule has 1 amide bonds. The largest absolute Gasteiger partial charge is 0.352 e. The van der Waals surface area contributed by atoms with E-state index in [4.69, 9.17) is 0 Å². The molecule has 2 N–H and O–H groups in total. The predicted octanol–water partition coefficient (Wildman–Crippen LogP) is 2.40. The molecule has 0 bridgehead atoms. The van der Waals surface area contributed by atoms with Crippen molar-refractivity contribution in [1.29, 1.82) is 0 Å². The number of carbonyl (C=O) groups is 1. The molecule has 1 heterocycles. The molecule has 3 rings (SSSR count). The number of nitrogens with one attached hydrogen (secondary N) is 2. The zero-order valence-electron chi connectivity index (χ0n) is 12.2. The van der Waals surface area contributed by atoms with Crippen molar-refractivity contribution in [2.75, 3.05) is 0 Å². The van der Waals surface area contributed by atoms with E-state index in [-0.39, 0.29) is 11.9 Å². The monoisotopic (exact) mass is 272 g/mol. The van der Waals surface area contributed by atoms with Crippen molar-refractivity contribution < 1.29 is 4.79 Å². The van der Waals surface area contributed by atoms with Crippen LogP contribution in [0, 0.1) is 5.92 Å². The smallest absolute Gasteiger partial charge is 0.237 e. The van der Waals surface area contributed by atoms with Crippen LogP contribution in [0.2, 0.25) is 0 Å². The highest BCUT2D eigenvalue weighted by atomic mass is 16.2. The van der Waals surface area contributed by atoms with Crippen molar-refractivity contribution in [3.05, 3.63) is 35.4 Å². The summed E-state index contributed by atoms with van der Waals surface area (Å²) in [6.07, 6.45) is 5.70. The highest BCUT2D eigenvalue weighted by Crippen LogP contribution is 2.34. The summed E-state index contributed by atoms with van der Waals surface area (Å²) >= 11 is 0. The van der Waals surface area contributed by atoms with E-state index in [1.807, 2.05) is 0 Å². The maximum absolute atomic E-state index is 12.4. The Morgan fingerprint density at radius 1 is 1.35 bits per heavy atom. The molecule has 1 aromatic carbocycles. The van der Waals surface area contributed by atoms with Crippen LogP contribution in [0.1, 0.15) is 43.7 Å². The van der Waals surface area contributed by atoms with Gasteiger partial charge in [-0.15, -0.1) is 0 Å². The minimum atomic E-state index is -0.0712. The molecule has 1 aromatic rings. The predicted molar refractivity (Wildman–Crippen MR) is 80.3 cm³/mol. The fraction of sp³-hybridized carbons (Fsp3) is 0.588. The third-order valence-corrected chi connectivity index (χ3v) is 4.55. The minimum absolute atomic E-state index is 0.0712. The zero-order valence-corrected chi connectivity index (χ0v) is 12.2. The third kappa shape index (κ3) is 3.21. The third-order valence-electron chi connectivity index (χ3n) is 4.55. The topological polar surface area (TPSA) is 41.1 Å². The molecule has 3 heteroatoms. The van der Waals surface area contributed by atoms with Gasteiger partial charge in [0.2, 0.25) is 5.91 Å². The summed E-state index contributed by atoms with van der Waals surface area (Å²) in [4.78, 5) is 12.4. The molecule has 3 nitrogen and oxygen atoms in total. The van der Waals surface area contributed by atoms with Crippen LogP contribution in [-0.4, -0.2) is 18.0 Å². The van der Waals surface area contributed by atoms with E-state index in [9.17, 15) is 4.79 Å². The van der Waals surface area contributed by atoms with Gasteiger partial charge in [-0.3, -0.25) is 4.79 Å². The first-order chi connectivity index (χ1) is 9.76. The van der Waals surface area contributed by atoms with Crippen molar-refractivity contribution >= 4 is 5.91 Å². The van der Waals surface area contributed by atoms with E-state index < -0.39 is 0 Å². The van der Waals surface area contributed by atoms with E-state index >= 15 is 0 Å². The van der Waals surface area contributed by atoms with Crippen molar-refractivity contribution in [2.24, 2.45) is 5.92 Å². The number of amides is 1. The maximum atomic E-state index is 12.4. The van der Waals surface area contributed by atoms with Gasteiger partial charge in [0.15, 0.2) is 0 Å². The van der Waals surface area contributed by atoms with Gasteiger partial charge in [0.05, 0.1) is 6.04 Å². The summed E-state index contributed by atoms with van der Waals surface area (Å²) in [6.45, 7) is 2.96. The molecule has 108 valence electrons. The Bertz CT molecular complexity index is 482. The number of hydrogen-bond donors (Lipinski definition) is 2. The molecule has 2 aliphatic rings. The molecule has 0 aromatic heterocycles. The second-order valence-corrected chi connectivity index (χ2v) is 6.20. The van der Waals surface area contributed by atoms with Crippen molar-refractivity contribution in [2.45, 2.75) is 57.7 Å².